The average Bonchev–Trinajstić information content (AvgIpc) is 3.02. The minimum atomic E-state index is -2.03. The Kier molecular flexibility index (Phi) is 38.7. The van der Waals surface area contributed by atoms with Crippen LogP contribution in [0.4, 0.5) is 0 Å². The normalized spacial score (nSPS) is 12.6. The molecule has 0 spiro atoms. The lowest BCUT2D eigenvalue weighted by Crippen LogP contribution is -2.28. The van der Waals surface area contributed by atoms with Gasteiger partial charge >= 0.3 is 9.53 Å². The highest BCUT2D eigenvalue weighted by atomic mass is 28.3. The van der Waals surface area contributed by atoms with Crippen molar-refractivity contribution >= 4 is 9.53 Å². The first kappa shape index (κ1) is 42.3. The van der Waals surface area contributed by atoms with E-state index in [9.17, 15) is 0 Å². The summed E-state index contributed by atoms with van der Waals surface area (Å²) in [6.07, 6.45) is 48.5. The van der Waals surface area contributed by atoms with E-state index in [0.29, 0.717) is 6.61 Å². The first-order chi connectivity index (χ1) is 21.3. The van der Waals surface area contributed by atoms with Gasteiger partial charge < -0.3 is 13.3 Å². The maximum Gasteiger partial charge on any atom is 0.484 e. The molecule has 0 N–H and O–H groups in total. The zero-order chi connectivity index (χ0) is 31.2. The molecule has 0 amide bonds. The molecule has 0 atom stereocenters. The Labute approximate surface area is 272 Å². The molecule has 3 nitrogen and oxygen atoms in total. The van der Waals surface area contributed by atoms with E-state index in [1.54, 1.807) is 6.08 Å². The van der Waals surface area contributed by atoms with Gasteiger partial charge in [-0.2, -0.15) is 0 Å². The topological polar surface area (TPSA) is 27.7 Å². The minimum Gasteiger partial charge on any atom is -0.376 e. The van der Waals surface area contributed by atoms with Gasteiger partial charge in [0, 0.05) is 13.2 Å². The molecule has 0 aromatic carbocycles. The molecule has 0 aliphatic rings. The monoisotopic (exact) mass is 621 g/mol. The van der Waals surface area contributed by atoms with E-state index in [2.05, 4.69) is 44.7 Å². The van der Waals surface area contributed by atoms with Gasteiger partial charge in [-0.05, 0) is 64.2 Å². The summed E-state index contributed by atoms with van der Waals surface area (Å²) < 4.78 is 17.9. The van der Waals surface area contributed by atoms with E-state index in [1.165, 1.54) is 167 Å². The van der Waals surface area contributed by atoms with Gasteiger partial charge in [-0.25, -0.2) is 0 Å². The van der Waals surface area contributed by atoms with Gasteiger partial charge in [0.15, 0.2) is 0 Å². The molecule has 43 heavy (non-hydrogen) atoms. The zero-order valence-corrected chi connectivity index (χ0v) is 30.5. The highest BCUT2D eigenvalue weighted by molar-refractivity contribution is 6.36. The molecule has 0 saturated heterocycles. The molecule has 0 aromatic heterocycles. The van der Waals surface area contributed by atoms with Crippen LogP contribution < -0.4 is 0 Å². The van der Waals surface area contributed by atoms with Crippen molar-refractivity contribution < 1.29 is 13.3 Å². The summed E-state index contributed by atoms with van der Waals surface area (Å²) in [6.45, 7) is 10.4. The second-order valence-electron chi connectivity index (χ2n) is 12.5. The Morgan fingerprint density at radius 3 is 1.02 bits per heavy atom. The van der Waals surface area contributed by atoms with Crippen molar-refractivity contribution in [1.29, 1.82) is 0 Å². The zero-order valence-electron chi connectivity index (χ0n) is 29.3. The fourth-order valence-electron chi connectivity index (χ4n) is 5.35. The van der Waals surface area contributed by atoms with Crippen molar-refractivity contribution in [3.05, 3.63) is 37.0 Å². The fourth-order valence-corrected chi connectivity index (χ4v) is 6.65. The predicted molar refractivity (Wildman–Crippen MR) is 194 cm³/mol. The summed E-state index contributed by atoms with van der Waals surface area (Å²) in [6, 6.07) is 0. The van der Waals surface area contributed by atoms with E-state index in [4.69, 9.17) is 13.3 Å². The van der Waals surface area contributed by atoms with Gasteiger partial charge in [0.1, 0.15) is 0 Å². The number of allylic oxidation sites excluding steroid dienone is 4. The lowest BCUT2D eigenvalue weighted by atomic mass is 10.1. The third-order valence-corrected chi connectivity index (χ3v) is 9.65. The van der Waals surface area contributed by atoms with Gasteiger partial charge in [0.25, 0.3) is 0 Å². The molecule has 4 heteroatoms. The molecular formula is C39H76O3Si. The minimum absolute atomic E-state index is 0.525. The highest BCUT2D eigenvalue weighted by Gasteiger charge is 2.14. The Morgan fingerprint density at radius 1 is 0.395 bits per heavy atom. The van der Waals surface area contributed by atoms with Crippen molar-refractivity contribution in [3.63, 3.8) is 0 Å². The van der Waals surface area contributed by atoms with Crippen LogP contribution in [0.3, 0.4) is 0 Å². The van der Waals surface area contributed by atoms with Crippen molar-refractivity contribution in [3.8, 4) is 0 Å². The van der Waals surface area contributed by atoms with Crippen LogP contribution in [0, 0.1) is 0 Å². The molecule has 0 aliphatic heterocycles. The van der Waals surface area contributed by atoms with Crippen LogP contribution in [-0.2, 0) is 13.3 Å². The third kappa shape index (κ3) is 37.4. The van der Waals surface area contributed by atoms with Crippen LogP contribution in [0.25, 0.3) is 0 Å². The smallest absolute Gasteiger partial charge is 0.376 e. The van der Waals surface area contributed by atoms with Gasteiger partial charge in [-0.1, -0.05) is 160 Å². The lowest BCUT2D eigenvalue weighted by Gasteiger charge is -2.16. The molecule has 0 aliphatic carbocycles. The summed E-state index contributed by atoms with van der Waals surface area (Å²) in [5.41, 5.74) is 0. The molecular weight excluding hydrogens is 545 g/mol. The van der Waals surface area contributed by atoms with Crippen LogP contribution in [0.15, 0.2) is 37.0 Å². The summed E-state index contributed by atoms with van der Waals surface area (Å²) in [5, 5.41) is 0. The Balaban J connectivity index is 3.52. The molecule has 0 radical (unpaired) electrons. The van der Waals surface area contributed by atoms with Gasteiger partial charge in [-0.3, -0.25) is 0 Å². The Bertz CT molecular complexity index is 533. The maximum atomic E-state index is 6.02. The van der Waals surface area contributed by atoms with E-state index in [1.807, 2.05) is 0 Å². The highest BCUT2D eigenvalue weighted by Crippen LogP contribution is 2.12. The molecule has 0 unspecified atom stereocenters. The second-order valence-corrected chi connectivity index (χ2v) is 14.1. The second kappa shape index (κ2) is 39.3. The molecule has 0 saturated carbocycles. The van der Waals surface area contributed by atoms with Crippen molar-refractivity contribution in [2.75, 3.05) is 19.8 Å². The van der Waals surface area contributed by atoms with Crippen LogP contribution in [-0.4, -0.2) is 29.3 Å². The number of unbranched alkanes of at least 4 members (excludes halogenated alkanes) is 24. The van der Waals surface area contributed by atoms with Crippen molar-refractivity contribution in [2.24, 2.45) is 0 Å². The largest absolute Gasteiger partial charge is 0.484 e. The van der Waals surface area contributed by atoms with E-state index < -0.39 is 9.53 Å². The van der Waals surface area contributed by atoms with E-state index in [0.717, 1.165) is 26.1 Å². The van der Waals surface area contributed by atoms with E-state index in [-0.39, 0.29) is 0 Å². The van der Waals surface area contributed by atoms with Crippen LogP contribution in [0.1, 0.15) is 194 Å². The van der Waals surface area contributed by atoms with Gasteiger partial charge in [0.05, 0.1) is 6.61 Å². The first-order valence-electron chi connectivity index (χ1n) is 19.1. The van der Waals surface area contributed by atoms with Gasteiger partial charge in [-0.15, -0.1) is 6.58 Å². The van der Waals surface area contributed by atoms with Gasteiger partial charge in [0.2, 0.25) is 0 Å². The molecule has 0 fully saturated rings. The maximum absolute atomic E-state index is 6.02. The molecule has 0 aromatic rings. The quantitative estimate of drug-likeness (QED) is 0.0393. The first-order valence-corrected chi connectivity index (χ1v) is 20.5. The third-order valence-electron chi connectivity index (χ3n) is 8.17. The molecule has 0 bridgehead atoms. The van der Waals surface area contributed by atoms with Crippen LogP contribution in [0.2, 0.25) is 0 Å². The standard InChI is InChI=1S/C39H76O3Si/c1-4-7-9-11-13-15-17-19-21-23-25-27-29-31-33-35-38-41-43(40-37-6-3)42-39-36-34-32-30-28-26-24-22-20-18-16-14-12-10-8-5-2/h6,19-22,43H,3-5,7-18,23-39H2,1-2H3. The number of hydrogen-bond donors (Lipinski definition) is 0. The molecule has 0 heterocycles. The summed E-state index contributed by atoms with van der Waals surface area (Å²) in [5.74, 6) is 0. The predicted octanol–water partition coefficient (Wildman–Crippen LogP) is 13.0. The Morgan fingerprint density at radius 2 is 0.698 bits per heavy atom. The van der Waals surface area contributed by atoms with Crippen LogP contribution >= 0.6 is 0 Å². The van der Waals surface area contributed by atoms with E-state index >= 15 is 0 Å². The summed E-state index contributed by atoms with van der Waals surface area (Å²) >= 11 is 0. The lowest BCUT2D eigenvalue weighted by molar-refractivity contribution is 0.0988. The molecule has 254 valence electrons. The SMILES string of the molecule is C=CCO[SiH](OCCCCCCCCC=CCCCCCCCC)OCCCCCCCCC=CCCCCCCCC. The summed E-state index contributed by atoms with van der Waals surface area (Å²) in [7, 11) is -2.03. The van der Waals surface area contributed by atoms with Crippen molar-refractivity contribution in [1.82, 2.24) is 0 Å². The summed E-state index contributed by atoms with van der Waals surface area (Å²) in [4.78, 5) is 0. The fraction of sp³-hybridized carbons (Fsp3) is 0.846. The number of rotatable bonds is 37. The Hall–Kier alpha value is -0.683. The average molecular weight is 621 g/mol. The number of hydrogen-bond acceptors (Lipinski definition) is 3. The molecule has 0 rings (SSSR count). The van der Waals surface area contributed by atoms with Crippen LogP contribution in [0.5, 0.6) is 0 Å². The van der Waals surface area contributed by atoms with Crippen molar-refractivity contribution in [2.45, 2.75) is 194 Å².